The number of aldehydes is 1. The molecule has 2 fully saturated rings. The summed E-state index contributed by atoms with van der Waals surface area (Å²) < 4.78 is 5.25. The number of hydrogen-bond acceptors (Lipinski definition) is 3. The van der Waals surface area contributed by atoms with Crippen molar-refractivity contribution in [3.8, 4) is 0 Å². The largest absolute Gasteiger partial charge is 0.465 e. The van der Waals surface area contributed by atoms with E-state index in [9.17, 15) is 9.59 Å². The van der Waals surface area contributed by atoms with Gasteiger partial charge in [-0.25, -0.2) is 0 Å². The Hall–Kier alpha value is -1.64. The van der Waals surface area contributed by atoms with Crippen molar-refractivity contribution in [1.82, 2.24) is 0 Å². The van der Waals surface area contributed by atoms with E-state index in [1.807, 2.05) is 0 Å². The minimum Gasteiger partial charge on any atom is -0.465 e. The second-order valence-electron chi connectivity index (χ2n) is 8.16. The van der Waals surface area contributed by atoms with Gasteiger partial charge in [0.05, 0.1) is 13.0 Å². The molecule has 0 amide bonds. The van der Waals surface area contributed by atoms with Gasteiger partial charge in [-0.15, -0.1) is 0 Å². The third kappa shape index (κ3) is 3.01. The van der Waals surface area contributed by atoms with Gasteiger partial charge in [0, 0.05) is 11.8 Å². The van der Waals surface area contributed by atoms with Crippen molar-refractivity contribution in [2.45, 2.75) is 63.7 Å². The van der Waals surface area contributed by atoms with Crippen molar-refractivity contribution < 1.29 is 14.3 Å². The Bertz CT molecular complexity index is 650. The summed E-state index contributed by atoms with van der Waals surface area (Å²) in [6, 6.07) is 7.05. The molecule has 2 aliphatic carbocycles. The number of benzene rings is 1. The zero-order chi connectivity index (χ0) is 16.6. The lowest BCUT2D eigenvalue weighted by Crippen LogP contribution is -2.17. The molecule has 1 saturated heterocycles. The number of hydrogen-bond donors (Lipinski definition) is 0. The predicted molar refractivity (Wildman–Crippen MR) is 91.9 cm³/mol. The first-order valence-electron chi connectivity index (χ1n) is 9.38. The standard InChI is InChI=1S/C21H26O3/c22-9-1-2-15-3-4-17-11-18(6-5-16(17)10-15)19-7-8-21(12-19)13-20(23)24-14-21/h5-6,9,11,15,19H,1-4,7-8,10,12-14H2/t15-,19-,21+/m1/s1. The van der Waals surface area contributed by atoms with E-state index >= 15 is 0 Å². The Morgan fingerprint density at radius 3 is 2.96 bits per heavy atom. The molecule has 0 aromatic heterocycles. The van der Waals surface area contributed by atoms with E-state index in [0.717, 1.165) is 38.4 Å². The molecule has 1 aromatic carbocycles. The van der Waals surface area contributed by atoms with Crippen LogP contribution in [0.4, 0.5) is 0 Å². The van der Waals surface area contributed by atoms with Crippen LogP contribution in [0.2, 0.25) is 0 Å². The Morgan fingerprint density at radius 1 is 1.25 bits per heavy atom. The summed E-state index contributed by atoms with van der Waals surface area (Å²) in [5.74, 6) is 1.24. The molecule has 3 nitrogen and oxygen atoms in total. The second kappa shape index (κ2) is 6.34. The molecule has 1 saturated carbocycles. The molecule has 0 radical (unpaired) electrons. The van der Waals surface area contributed by atoms with Crippen LogP contribution in [0.15, 0.2) is 18.2 Å². The molecule has 1 aromatic rings. The number of carbonyl (C=O) groups is 2. The van der Waals surface area contributed by atoms with Gasteiger partial charge in [-0.3, -0.25) is 4.79 Å². The maximum atomic E-state index is 11.5. The molecule has 0 N–H and O–H groups in total. The van der Waals surface area contributed by atoms with E-state index in [1.165, 1.54) is 29.5 Å². The highest BCUT2D eigenvalue weighted by Gasteiger charge is 2.46. The van der Waals surface area contributed by atoms with E-state index in [4.69, 9.17) is 4.74 Å². The van der Waals surface area contributed by atoms with E-state index in [2.05, 4.69) is 18.2 Å². The zero-order valence-electron chi connectivity index (χ0n) is 14.3. The summed E-state index contributed by atoms with van der Waals surface area (Å²) >= 11 is 0. The van der Waals surface area contributed by atoms with Crippen LogP contribution in [-0.2, 0) is 27.2 Å². The van der Waals surface area contributed by atoms with Crippen LogP contribution in [0, 0.1) is 11.3 Å². The predicted octanol–water partition coefficient (Wildman–Crippen LogP) is 3.97. The molecule has 3 aliphatic rings. The Balaban J connectivity index is 1.45. The third-order valence-electron chi connectivity index (χ3n) is 6.49. The van der Waals surface area contributed by atoms with Crippen molar-refractivity contribution in [2.24, 2.45) is 11.3 Å². The molecule has 1 spiro atoms. The number of ether oxygens (including phenoxy) is 1. The zero-order valence-corrected chi connectivity index (χ0v) is 14.3. The van der Waals surface area contributed by atoms with Crippen LogP contribution >= 0.6 is 0 Å². The fourth-order valence-electron chi connectivity index (χ4n) is 5.08. The van der Waals surface area contributed by atoms with Gasteiger partial charge >= 0.3 is 5.97 Å². The van der Waals surface area contributed by atoms with Crippen molar-refractivity contribution in [3.63, 3.8) is 0 Å². The number of esters is 1. The molecule has 4 rings (SSSR count). The van der Waals surface area contributed by atoms with E-state index < -0.39 is 0 Å². The van der Waals surface area contributed by atoms with Gasteiger partial charge in [-0.05, 0) is 73.5 Å². The number of carbonyl (C=O) groups excluding carboxylic acids is 2. The maximum absolute atomic E-state index is 11.5. The minimum absolute atomic E-state index is 0.0116. The van der Waals surface area contributed by atoms with Gasteiger partial charge in [0.15, 0.2) is 0 Å². The minimum atomic E-state index is -0.0116. The van der Waals surface area contributed by atoms with Crippen LogP contribution in [0.5, 0.6) is 0 Å². The molecule has 3 heteroatoms. The normalized spacial score (nSPS) is 31.9. The monoisotopic (exact) mass is 326 g/mol. The van der Waals surface area contributed by atoms with E-state index in [0.29, 0.717) is 31.3 Å². The summed E-state index contributed by atoms with van der Waals surface area (Å²) in [6.45, 7) is 0.631. The summed E-state index contributed by atoms with van der Waals surface area (Å²) in [5.41, 5.74) is 4.57. The fraction of sp³-hybridized carbons (Fsp3) is 0.619. The Morgan fingerprint density at radius 2 is 2.17 bits per heavy atom. The van der Waals surface area contributed by atoms with Crippen molar-refractivity contribution in [2.75, 3.05) is 6.61 Å². The van der Waals surface area contributed by atoms with E-state index in [-0.39, 0.29) is 11.4 Å². The first kappa shape index (κ1) is 15.9. The molecular formula is C21H26O3. The van der Waals surface area contributed by atoms with Crippen LogP contribution in [0.25, 0.3) is 0 Å². The summed E-state index contributed by atoms with van der Waals surface area (Å²) in [7, 11) is 0. The molecule has 3 atom stereocenters. The molecule has 1 aliphatic heterocycles. The lowest BCUT2D eigenvalue weighted by atomic mass is 9.79. The number of fused-ring (bicyclic) bond motifs is 1. The summed E-state index contributed by atoms with van der Waals surface area (Å²) in [4.78, 5) is 22.1. The quantitative estimate of drug-likeness (QED) is 0.621. The topological polar surface area (TPSA) is 43.4 Å². The smallest absolute Gasteiger partial charge is 0.306 e. The lowest BCUT2D eigenvalue weighted by molar-refractivity contribution is -0.137. The maximum Gasteiger partial charge on any atom is 0.306 e. The van der Waals surface area contributed by atoms with Gasteiger partial charge in [0.1, 0.15) is 6.29 Å². The Kier molecular flexibility index (Phi) is 4.19. The van der Waals surface area contributed by atoms with Gasteiger partial charge < -0.3 is 9.53 Å². The van der Waals surface area contributed by atoms with Crippen LogP contribution in [0.3, 0.4) is 0 Å². The highest BCUT2D eigenvalue weighted by atomic mass is 16.5. The van der Waals surface area contributed by atoms with Gasteiger partial charge in [0.2, 0.25) is 0 Å². The molecular weight excluding hydrogens is 300 g/mol. The molecule has 0 bridgehead atoms. The summed E-state index contributed by atoms with van der Waals surface area (Å²) in [6.07, 6.45) is 10.3. The van der Waals surface area contributed by atoms with Gasteiger partial charge in [-0.2, -0.15) is 0 Å². The molecule has 128 valence electrons. The SMILES string of the molecule is O=CCC[C@@H]1CCc2cc([C@@H]3CC[C@]4(COC(=O)C4)C3)ccc2C1. The third-order valence-corrected chi connectivity index (χ3v) is 6.49. The van der Waals surface area contributed by atoms with Crippen molar-refractivity contribution in [3.05, 3.63) is 34.9 Å². The van der Waals surface area contributed by atoms with Crippen LogP contribution < -0.4 is 0 Å². The molecule has 24 heavy (non-hydrogen) atoms. The molecule has 0 unspecified atom stereocenters. The average Bonchev–Trinajstić information content (AvgIpc) is 3.18. The van der Waals surface area contributed by atoms with Crippen LogP contribution in [-0.4, -0.2) is 18.9 Å². The summed E-state index contributed by atoms with van der Waals surface area (Å²) in [5, 5.41) is 0. The fourth-order valence-corrected chi connectivity index (χ4v) is 5.08. The highest BCUT2D eigenvalue weighted by molar-refractivity contribution is 5.72. The van der Waals surface area contributed by atoms with E-state index in [1.54, 1.807) is 0 Å². The highest BCUT2D eigenvalue weighted by Crippen LogP contribution is 2.51. The number of cyclic esters (lactones) is 1. The number of aryl methyl sites for hydroxylation is 1. The second-order valence-corrected chi connectivity index (χ2v) is 8.16. The van der Waals surface area contributed by atoms with Gasteiger partial charge in [0.25, 0.3) is 0 Å². The Labute approximate surface area is 143 Å². The van der Waals surface area contributed by atoms with Crippen molar-refractivity contribution >= 4 is 12.3 Å². The number of rotatable bonds is 4. The first-order valence-corrected chi connectivity index (χ1v) is 9.38. The lowest BCUT2D eigenvalue weighted by Gasteiger charge is -2.26. The first-order chi connectivity index (χ1) is 11.7. The van der Waals surface area contributed by atoms with Crippen LogP contribution in [0.1, 0.15) is 67.6 Å². The molecule has 1 heterocycles. The van der Waals surface area contributed by atoms with Crippen molar-refractivity contribution in [1.29, 1.82) is 0 Å². The average molecular weight is 326 g/mol. The van der Waals surface area contributed by atoms with Gasteiger partial charge in [-0.1, -0.05) is 18.2 Å².